The zero-order chi connectivity index (χ0) is 15.5. The summed E-state index contributed by atoms with van der Waals surface area (Å²) in [5, 5.41) is 0. The average molecular weight is 356 g/mol. The van der Waals surface area contributed by atoms with Crippen molar-refractivity contribution in [3.8, 4) is 5.75 Å². The van der Waals surface area contributed by atoms with E-state index in [9.17, 15) is 4.79 Å². The maximum atomic E-state index is 12.0. The van der Waals surface area contributed by atoms with Gasteiger partial charge in [-0.1, -0.05) is 0 Å². The molecule has 0 unspecified atom stereocenters. The summed E-state index contributed by atoms with van der Waals surface area (Å²) in [5.74, 6) is 0.694. The highest BCUT2D eigenvalue weighted by Gasteiger charge is 2.30. The summed E-state index contributed by atoms with van der Waals surface area (Å²) < 4.78 is 12.3. The molecule has 0 saturated heterocycles. The fourth-order valence-corrected chi connectivity index (χ4v) is 2.79. The molecule has 1 aliphatic rings. The molecule has 0 radical (unpaired) electrons. The van der Waals surface area contributed by atoms with E-state index in [1.807, 2.05) is 26.8 Å². The largest absolute Gasteiger partial charge is 0.489 e. The lowest BCUT2D eigenvalue weighted by Gasteiger charge is -2.30. The molecule has 0 amide bonds. The van der Waals surface area contributed by atoms with Crippen molar-refractivity contribution < 1.29 is 14.3 Å². The van der Waals surface area contributed by atoms with E-state index in [1.54, 1.807) is 12.4 Å². The van der Waals surface area contributed by atoms with Crippen molar-refractivity contribution in [2.45, 2.75) is 58.2 Å². The van der Waals surface area contributed by atoms with Crippen LogP contribution >= 0.6 is 15.9 Å². The lowest BCUT2D eigenvalue weighted by atomic mass is 9.87. The Bertz CT molecular complexity index is 491. The van der Waals surface area contributed by atoms with E-state index < -0.39 is 5.60 Å². The lowest BCUT2D eigenvalue weighted by molar-refractivity contribution is -0.161. The molecular formula is C16H22BrNO3. The van der Waals surface area contributed by atoms with Gasteiger partial charge in [0.25, 0.3) is 0 Å². The highest BCUT2D eigenvalue weighted by Crippen LogP contribution is 2.30. The van der Waals surface area contributed by atoms with E-state index in [4.69, 9.17) is 9.47 Å². The molecule has 0 bridgehead atoms. The van der Waals surface area contributed by atoms with Crippen LogP contribution in [0.15, 0.2) is 22.9 Å². The maximum absolute atomic E-state index is 12.0. The number of aromatic nitrogens is 1. The molecule has 1 heterocycles. The maximum Gasteiger partial charge on any atom is 0.309 e. The monoisotopic (exact) mass is 355 g/mol. The quantitative estimate of drug-likeness (QED) is 0.765. The van der Waals surface area contributed by atoms with Crippen molar-refractivity contribution in [3.63, 3.8) is 0 Å². The van der Waals surface area contributed by atoms with E-state index in [0.717, 1.165) is 35.9 Å². The van der Waals surface area contributed by atoms with E-state index in [0.29, 0.717) is 0 Å². The second-order valence-electron chi connectivity index (χ2n) is 6.46. The summed E-state index contributed by atoms with van der Waals surface area (Å²) >= 11 is 3.38. The predicted molar refractivity (Wildman–Crippen MR) is 84.2 cm³/mol. The fourth-order valence-electron chi connectivity index (χ4n) is 2.45. The Morgan fingerprint density at radius 3 is 2.48 bits per heavy atom. The second-order valence-corrected chi connectivity index (χ2v) is 7.38. The molecule has 4 nitrogen and oxygen atoms in total. The van der Waals surface area contributed by atoms with Crippen molar-refractivity contribution in [3.05, 3.63) is 22.9 Å². The number of rotatable bonds is 3. The highest BCUT2D eigenvalue weighted by molar-refractivity contribution is 9.10. The number of carbonyl (C=O) groups is 1. The topological polar surface area (TPSA) is 48.4 Å². The first-order valence-corrected chi connectivity index (χ1v) is 8.13. The van der Waals surface area contributed by atoms with Gasteiger partial charge in [-0.05, 0) is 68.5 Å². The van der Waals surface area contributed by atoms with Gasteiger partial charge in [0.05, 0.1) is 18.2 Å². The van der Waals surface area contributed by atoms with Crippen LogP contribution in [-0.2, 0) is 9.53 Å². The Kier molecular flexibility index (Phi) is 5.25. The summed E-state index contributed by atoms with van der Waals surface area (Å²) in [4.78, 5) is 16.1. The van der Waals surface area contributed by atoms with Gasteiger partial charge in [0.2, 0.25) is 0 Å². The van der Waals surface area contributed by atoms with Gasteiger partial charge < -0.3 is 9.47 Å². The summed E-state index contributed by atoms with van der Waals surface area (Å²) in [7, 11) is 0. The van der Waals surface area contributed by atoms with E-state index in [-0.39, 0.29) is 18.0 Å². The van der Waals surface area contributed by atoms with Crippen LogP contribution in [0.4, 0.5) is 0 Å². The molecule has 1 saturated carbocycles. The zero-order valence-electron chi connectivity index (χ0n) is 12.8. The van der Waals surface area contributed by atoms with Crippen molar-refractivity contribution in [2.75, 3.05) is 0 Å². The number of ether oxygens (including phenoxy) is 2. The molecule has 0 spiro atoms. The highest BCUT2D eigenvalue weighted by atomic mass is 79.9. The molecule has 1 fully saturated rings. The Morgan fingerprint density at radius 2 is 1.90 bits per heavy atom. The fraction of sp³-hybridized carbons (Fsp3) is 0.625. The minimum Gasteiger partial charge on any atom is -0.489 e. The lowest BCUT2D eigenvalue weighted by Crippen LogP contribution is -2.33. The first-order valence-electron chi connectivity index (χ1n) is 7.33. The number of hydrogen-bond donors (Lipinski definition) is 0. The normalized spacial score (nSPS) is 22.7. The molecule has 1 aromatic rings. The smallest absolute Gasteiger partial charge is 0.309 e. The zero-order valence-corrected chi connectivity index (χ0v) is 14.4. The van der Waals surface area contributed by atoms with E-state index in [1.165, 1.54) is 0 Å². The summed E-state index contributed by atoms with van der Waals surface area (Å²) in [6.07, 6.45) is 6.98. The van der Waals surface area contributed by atoms with Gasteiger partial charge in [-0.15, -0.1) is 0 Å². The SMILES string of the molecule is CC(C)(C)OC(=O)C1CCC(Oc2cncc(Br)c2)CC1. The number of pyridine rings is 1. The second kappa shape index (κ2) is 6.77. The molecule has 1 aromatic heterocycles. The molecule has 5 heteroatoms. The Balaban J connectivity index is 1.82. The Labute approximate surface area is 134 Å². The van der Waals surface area contributed by atoms with Crippen LogP contribution in [0.3, 0.4) is 0 Å². The first-order chi connectivity index (χ1) is 9.83. The first kappa shape index (κ1) is 16.3. The summed E-state index contributed by atoms with van der Waals surface area (Å²) in [5.41, 5.74) is -0.410. The van der Waals surface area contributed by atoms with E-state index >= 15 is 0 Å². The third-order valence-corrected chi connectivity index (χ3v) is 3.83. The van der Waals surface area contributed by atoms with Crippen molar-refractivity contribution in [1.82, 2.24) is 4.98 Å². The molecule has 2 rings (SSSR count). The van der Waals surface area contributed by atoms with Crippen LogP contribution in [0.1, 0.15) is 46.5 Å². The third-order valence-electron chi connectivity index (χ3n) is 3.40. The van der Waals surface area contributed by atoms with Crippen LogP contribution < -0.4 is 4.74 Å². The number of nitrogens with zero attached hydrogens (tertiary/aromatic N) is 1. The Morgan fingerprint density at radius 1 is 1.24 bits per heavy atom. The molecule has 0 aromatic carbocycles. The number of carbonyl (C=O) groups excluding carboxylic acids is 1. The van der Waals surface area contributed by atoms with Crippen molar-refractivity contribution in [2.24, 2.45) is 5.92 Å². The minimum absolute atomic E-state index is 0.00436. The van der Waals surface area contributed by atoms with Gasteiger partial charge in [-0.25, -0.2) is 0 Å². The molecule has 1 aliphatic carbocycles. The Hall–Kier alpha value is -1.10. The van der Waals surface area contributed by atoms with Crippen LogP contribution in [0.25, 0.3) is 0 Å². The van der Waals surface area contributed by atoms with Gasteiger partial charge in [0.1, 0.15) is 11.4 Å². The van der Waals surface area contributed by atoms with Crippen LogP contribution in [0.5, 0.6) is 5.75 Å². The molecule has 116 valence electrons. The van der Waals surface area contributed by atoms with Gasteiger partial charge in [0.15, 0.2) is 0 Å². The van der Waals surface area contributed by atoms with E-state index in [2.05, 4.69) is 20.9 Å². The van der Waals surface area contributed by atoms with Crippen LogP contribution in [0.2, 0.25) is 0 Å². The van der Waals surface area contributed by atoms with Gasteiger partial charge in [-0.3, -0.25) is 9.78 Å². The summed E-state index contributed by atoms with van der Waals surface area (Å²) in [6.45, 7) is 5.71. The molecule has 21 heavy (non-hydrogen) atoms. The standard InChI is InChI=1S/C16H22BrNO3/c1-16(2,3)21-15(19)11-4-6-13(7-5-11)20-14-8-12(17)9-18-10-14/h8-11,13H,4-7H2,1-3H3. The molecule has 0 atom stereocenters. The third kappa shape index (κ3) is 5.30. The molecule has 0 aliphatic heterocycles. The number of esters is 1. The molecular weight excluding hydrogens is 334 g/mol. The predicted octanol–water partition coefficient (Wildman–Crippen LogP) is 4.12. The number of halogens is 1. The van der Waals surface area contributed by atoms with Crippen LogP contribution in [0, 0.1) is 5.92 Å². The minimum atomic E-state index is -0.410. The number of hydrogen-bond acceptors (Lipinski definition) is 4. The van der Waals surface area contributed by atoms with Crippen LogP contribution in [-0.4, -0.2) is 22.7 Å². The van der Waals surface area contributed by atoms with Crippen molar-refractivity contribution in [1.29, 1.82) is 0 Å². The van der Waals surface area contributed by atoms with Gasteiger partial charge >= 0.3 is 5.97 Å². The van der Waals surface area contributed by atoms with Crippen molar-refractivity contribution >= 4 is 21.9 Å². The van der Waals surface area contributed by atoms with Gasteiger partial charge in [0, 0.05) is 10.7 Å². The molecule has 0 N–H and O–H groups in total. The average Bonchev–Trinajstić information content (AvgIpc) is 2.37. The van der Waals surface area contributed by atoms with Gasteiger partial charge in [-0.2, -0.15) is 0 Å². The summed E-state index contributed by atoms with van der Waals surface area (Å²) in [6, 6.07) is 1.91.